The fourth-order valence-electron chi connectivity index (χ4n) is 2.10. The fourth-order valence-corrected chi connectivity index (χ4v) is 2.58. The molecule has 2 aromatic rings. The fraction of sp³-hybridized carbons (Fsp3) is 0.333. The van der Waals surface area contributed by atoms with Gasteiger partial charge in [0.15, 0.2) is 0 Å². The van der Waals surface area contributed by atoms with Gasteiger partial charge in [-0.15, -0.1) is 35.6 Å². The summed E-state index contributed by atoms with van der Waals surface area (Å²) in [6, 6.07) is 15.0. The molecule has 0 radical (unpaired) electrons. The molecular weight excluding hydrogens is 301 g/mol. The van der Waals surface area contributed by atoms with Gasteiger partial charge in [0.1, 0.15) is 0 Å². The van der Waals surface area contributed by atoms with Crippen molar-refractivity contribution >= 4 is 46.4 Å². The molecule has 19 heavy (non-hydrogen) atoms. The van der Waals surface area contributed by atoms with E-state index >= 15 is 0 Å². The first kappa shape index (κ1) is 16.6. The molecule has 104 valence electrons. The van der Waals surface area contributed by atoms with E-state index in [0.717, 1.165) is 19.6 Å². The summed E-state index contributed by atoms with van der Waals surface area (Å²) in [5.41, 5.74) is 1.31. The minimum Gasteiger partial charge on any atom is -0.297 e. The lowest BCUT2D eigenvalue weighted by Crippen LogP contribution is -2.27. The molecule has 2 aromatic carbocycles. The van der Waals surface area contributed by atoms with E-state index in [-0.39, 0.29) is 12.4 Å². The summed E-state index contributed by atoms with van der Waals surface area (Å²) in [6.07, 6.45) is 0. The molecule has 0 N–H and O–H groups in total. The summed E-state index contributed by atoms with van der Waals surface area (Å²) in [7, 11) is 0. The zero-order valence-electron chi connectivity index (χ0n) is 10.7. The van der Waals surface area contributed by atoms with Crippen LogP contribution in [0.15, 0.2) is 42.5 Å². The summed E-state index contributed by atoms with van der Waals surface area (Å²) in [5, 5.41) is 2.56. The third-order valence-electron chi connectivity index (χ3n) is 3.02. The number of benzene rings is 2. The first-order valence-corrected chi connectivity index (χ1v) is 7.22. The molecule has 0 heterocycles. The molecular formula is C15H18Cl3N. The smallest absolute Gasteiger partial charge is 0.0351 e. The lowest BCUT2D eigenvalue weighted by atomic mass is 10.1. The van der Waals surface area contributed by atoms with E-state index in [2.05, 4.69) is 47.4 Å². The SMILES string of the molecule is Cl.ClCCN(CCCl)Cc1ccc2ccccc2c1. The third-order valence-corrected chi connectivity index (χ3v) is 3.36. The zero-order chi connectivity index (χ0) is 12.8. The Morgan fingerprint density at radius 2 is 1.47 bits per heavy atom. The van der Waals surface area contributed by atoms with Crippen LogP contribution in [-0.4, -0.2) is 29.7 Å². The van der Waals surface area contributed by atoms with E-state index in [1.807, 2.05) is 0 Å². The van der Waals surface area contributed by atoms with E-state index in [1.165, 1.54) is 16.3 Å². The number of nitrogens with zero attached hydrogens (tertiary/aromatic N) is 1. The first-order chi connectivity index (χ1) is 8.83. The second kappa shape index (κ2) is 8.65. The molecule has 0 saturated heterocycles. The molecule has 0 saturated carbocycles. The van der Waals surface area contributed by atoms with Gasteiger partial charge in [-0.1, -0.05) is 36.4 Å². The Labute approximate surface area is 130 Å². The van der Waals surface area contributed by atoms with Crippen molar-refractivity contribution in [2.24, 2.45) is 0 Å². The highest BCUT2D eigenvalue weighted by Gasteiger charge is 2.05. The Kier molecular flexibility index (Phi) is 7.55. The molecule has 0 aliphatic heterocycles. The highest BCUT2D eigenvalue weighted by Crippen LogP contribution is 2.16. The van der Waals surface area contributed by atoms with Crippen LogP contribution in [0.2, 0.25) is 0 Å². The van der Waals surface area contributed by atoms with Gasteiger partial charge < -0.3 is 0 Å². The molecule has 4 heteroatoms. The number of rotatable bonds is 6. The van der Waals surface area contributed by atoms with Crippen LogP contribution in [0.5, 0.6) is 0 Å². The molecule has 0 bridgehead atoms. The maximum absolute atomic E-state index is 5.81. The summed E-state index contributed by atoms with van der Waals surface area (Å²) in [5.74, 6) is 1.29. The van der Waals surface area contributed by atoms with E-state index in [0.29, 0.717) is 11.8 Å². The van der Waals surface area contributed by atoms with Crippen molar-refractivity contribution < 1.29 is 0 Å². The maximum Gasteiger partial charge on any atom is 0.0351 e. The molecule has 0 amide bonds. The lowest BCUT2D eigenvalue weighted by Gasteiger charge is -2.20. The van der Waals surface area contributed by atoms with Crippen LogP contribution in [0.1, 0.15) is 5.56 Å². The minimum atomic E-state index is 0. The average Bonchev–Trinajstić information content (AvgIpc) is 2.39. The van der Waals surface area contributed by atoms with Crippen molar-refractivity contribution in [2.45, 2.75) is 6.54 Å². The Bertz CT molecular complexity index is 495. The Hall–Kier alpha value is -0.470. The zero-order valence-corrected chi connectivity index (χ0v) is 13.0. The summed E-state index contributed by atoms with van der Waals surface area (Å²) < 4.78 is 0. The predicted octanol–water partition coefficient (Wildman–Crippen LogP) is 4.54. The summed E-state index contributed by atoms with van der Waals surface area (Å²) >= 11 is 11.6. The first-order valence-electron chi connectivity index (χ1n) is 6.15. The van der Waals surface area contributed by atoms with Crippen molar-refractivity contribution in [1.82, 2.24) is 4.90 Å². The number of hydrogen-bond acceptors (Lipinski definition) is 1. The number of halogens is 3. The quantitative estimate of drug-likeness (QED) is 0.707. The largest absolute Gasteiger partial charge is 0.297 e. The van der Waals surface area contributed by atoms with E-state index < -0.39 is 0 Å². The molecule has 0 unspecified atom stereocenters. The van der Waals surface area contributed by atoms with Crippen LogP contribution in [0.3, 0.4) is 0 Å². The van der Waals surface area contributed by atoms with Crippen LogP contribution >= 0.6 is 35.6 Å². The maximum atomic E-state index is 5.81. The predicted molar refractivity (Wildman–Crippen MR) is 87.9 cm³/mol. The van der Waals surface area contributed by atoms with E-state index in [4.69, 9.17) is 23.2 Å². The molecule has 2 rings (SSSR count). The topological polar surface area (TPSA) is 3.24 Å². The second-order valence-corrected chi connectivity index (χ2v) is 5.09. The molecule has 0 aliphatic rings. The average molecular weight is 319 g/mol. The van der Waals surface area contributed by atoms with Gasteiger partial charge in [0.25, 0.3) is 0 Å². The van der Waals surface area contributed by atoms with Gasteiger partial charge in [0.05, 0.1) is 0 Å². The van der Waals surface area contributed by atoms with Gasteiger partial charge in [0.2, 0.25) is 0 Å². The van der Waals surface area contributed by atoms with Crippen molar-refractivity contribution in [3.63, 3.8) is 0 Å². The minimum absolute atomic E-state index is 0. The van der Waals surface area contributed by atoms with Crippen LogP contribution in [-0.2, 0) is 6.54 Å². The van der Waals surface area contributed by atoms with Gasteiger partial charge in [0, 0.05) is 31.4 Å². The van der Waals surface area contributed by atoms with E-state index in [9.17, 15) is 0 Å². The van der Waals surface area contributed by atoms with Crippen LogP contribution in [0, 0.1) is 0 Å². The van der Waals surface area contributed by atoms with Gasteiger partial charge in [-0.05, 0) is 22.4 Å². The normalized spacial score (nSPS) is 10.7. The van der Waals surface area contributed by atoms with E-state index in [1.54, 1.807) is 0 Å². The van der Waals surface area contributed by atoms with Crippen molar-refractivity contribution in [2.75, 3.05) is 24.8 Å². The van der Waals surface area contributed by atoms with Crippen molar-refractivity contribution in [1.29, 1.82) is 0 Å². The van der Waals surface area contributed by atoms with Gasteiger partial charge >= 0.3 is 0 Å². The molecule has 0 fully saturated rings. The molecule has 1 nitrogen and oxygen atoms in total. The van der Waals surface area contributed by atoms with Crippen LogP contribution in [0.25, 0.3) is 10.8 Å². The standard InChI is InChI=1S/C15H17Cl2N.ClH/c16-7-9-18(10-8-17)12-13-5-6-14-3-1-2-4-15(14)11-13;/h1-6,11H,7-10,12H2;1H. The monoisotopic (exact) mass is 317 g/mol. The highest BCUT2D eigenvalue weighted by molar-refractivity contribution is 6.18. The molecule has 0 atom stereocenters. The Balaban J connectivity index is 0.00000180. The molecule has 0 aromatic heterocycles. The van der Waals surface area contributed by atoms with Crippen molar-refractivity contribution in [3.05, 3.63) is 48.0 Å². The van der Waals surface area contributed by atoms with Crippen molar-refractivity contribution in [3.8, 4) is 0 Å². The summed E-state index contributed by atoms with van der Waals surface area (Å²) in [6.45, 7) is 2.66. The number of fused-ring (bicyclic) bond motifs is 1. The number of alkyl halides is 2. The Morgan fingerprint density at radius 3 is 2.11 bits per heavy atom. The van der Waals surface area contributed by atoms with Gasteiger partial charge in [-0.25, -0.2) is 0 Å². The lowest BCUT2D eigenvalue weighted by molar-refractivity contribution is 0.299. The molecule has 0 aliphatic carbocycles. The van der Waals surface area contributed by atoms with Gasteiger partial charge in [-0.2, -0.15) is 0 Å². The van der Waals surface area contributed by atoms with Crippen LogP contribution in [0.4, 0.5) is 0 Å². The Morgan fingerprint density at radius 1 is 0.842 bits per heavy atom. The summed E-state index contributed by atoms with van der Waals surface area (Å²) in [4.78, 5) is 2.28. The second-order valence-electron chi connectivity index (χ2n) is 4.34. The third kappa shape index (κ3) is 4.85. The van der Waals surface area contributed by atoms with Crippen LogP contribution < -0.4 is 0 Å². The number of hydrogen-bond donors (Lipinski definition) is 0. The molecule has 0 spiro atoms. The van der Waals surface area contributed by atoms with Gasteiger partial charge in [-0.3, -0.25) is 4.90 Å². The highest BCUT2D eigenvalue weighted by atomic mass is 35.5.